The summed E-state index contributed by atoms with van der Waals surface area (Å²) < 4.78 is 0. The van der Waals surface area contributed by atoms with E-state index >= 15 is 0 Å². The van der Waals surface area contributed by atoms with Crippen molar-refractivity contribution in [3.05, 3.63) is 16.6 Å². The third-order valence-electron chi connectivity index (χ3n) is 3.03. The molecule has 2 rings (SSSR count). The van der Waals surface area contributed by atoms with Crippen LogP contribution in [0.25, 0.3) is 0 Å². The Kier molecular flexibility index (Phi) is 3.56. The predicted octanol–water partition coefficient (Wildman–Crippen LogP) is 1.54. The van der Waals surface area contributed by atoms with Crippen molar-refractivity contribution in [2.75, 3.05) is 6.54 Å². The Morgan fingerprint density at radius 2 is 2.50 bits per heavy atom. The maximum absolute atomic E-state index is 11.9. The second-order valence-corrected chi connectivity index (χ2v) is 4.98. The third kappa shape index (κ3) is 2.10. The van der Waals surface area contributed by atoms with Gasteiger partial charge in [-0.05, 0) is 19.8 Å². The summed E-state index contributed by atoms with van der Waals surface area (Å²) in [6.07, 6.45) is 4.17. The first-order valence-corrected chi connectivity index (χ1v) is 6.56. The number of nitrogens with zero attached hydrogens (tertiary/aromatic N) is 2. The molecule has 2 unspecified atom stereocenters. The first-order chi connectivity index (χ1) is 7.74. The Labute approximate surface area is 99.5 Å². The number of hydrogen-bond acceptors (Lipinski definition) is 4. The molecule has 88 valence electrons. The minimum atomic E-state index is -0.0278. The topological polar surface area (TPSA) is 59.2 Å². The van der Waals surface area contributed by atoms with Crippen molar-refractivity contribution in [2.45, 2.75) is 38.3 Å². The lowest BCUT2D eigenvalue weighted by molar-refractivity contribution is -0.133. The number of amides is 1. The summed E-state index contributed by atoms with van der Waals surface area (Å²) in [4.78, 5) is 18.1. The highest BCUT2D eigenvalue weighted by molar-refractivity contribution is 7.09. The fourth-order valence-corrected chi connectivity index (χ4v) is 3.07. The molecule has 0 aliphatic carbocycles. The van der Waals surface area contributed by atoms with Gasteiger partial charge in [-0.1, -0.05) is 0 Å². The highest BCUT2D eigenvalue weighted by Gasteiger charge is 2.33. The molecule has 5 heteroatoms. The van der Waals surface area contributed by atoms with Gasteiger partial charge >= 0.3 is 0 Å². The summed E-state index contributed by atoms with van der Waals surface area (Å²) in [5.41, 5.74) is 6.17. The van der Waals surface area contributed by atoms with Crippen LogP contribution >= 0.6 is 11.3 Å². The summed E-state index contributed by atoms with van der Waals surface area (Å²) in [6.45, 7) is 2.70. The van der Waals surface area contributed by atoms with Gasteiger partial charge in [-0.15, -0.1) is 11.3 Å². The van der Waals surface area contributed by atoms with Gasteiger partial charge in [-0.2, -0.15) is 0 Å². The molecule has 0 spiro atoms. The van der Waals surface area contributed by atoms with Crippen LogP contribution in [0, 0.1) is 0 Å². The molecule has 2 N–H and O–H groups in total. The molecule has 0 radical (unpaired) electrons. The van der Waals surface area contributed by atoms with Crippen molar-refractivity contribution >= 4 is 17.2 Å². The molecule has 1 aliphatic rings. The molecule has 1 fully saturated rings. The standard InChI is InChI=1S/C11H17N3OS/c1-2-14-9(15)5-3-4-8(12)10(14)11-13-6-7-16-11/h6-8,10H,2-5,12H2,1H3. The molecule has 1 saturated heterocycles. The maximum Gasteiger partial charge on any atom is 0.223 e. The lowest BCUT2D eigenvalue weighted by Crippen LogP contribution is -2.42. The van der Waals surface area contributed by atoms with E-state index in [0.29, 0.717) is 13.0 Å². The average molecular weight is 239 g/mol. The van der Waals surface area contributed by atoms with E-state index in [1.54, 1.807) is 17.5 Å². The summed E-state index contributed by atoms with van der Waals surface area (Å²) in [6, 6.07) is -0.0162. The van der Waals surface area contributed by atoms with Crippen LogP contribution in [-0.4, -0.2) is 28.4 Å². The Balaban J connectivity index is 2.31. The molecular formula is C11H17N3OS. The molecule has 1 aromatic heterocycles. The number of aromatic nitrogens is 1. The quantitative estimate of drug-likeness (QED) is 0.851. The van der Waals surface area contributed by atoms with Gasteiger partial charge in [0.1, 0.15) is 5.01 Å². The number of carbonyl (C=O) groups is 1. The van der Waals surface area contributed by atoms with Gasteiger partial charge in [0.2, 0.25) is 5.91 Å². The maximum atomic E-state index is 11.9. The van der Waals surface area contributed by atoms with Crippen molar-refractivity contribution in [1.82, 2.24) is 9.88 Å². The van der Waals surface area contributed by atoms with Crippen LogP contribution in [0.5, 0.6) is 0 Å². The molecule has 1 amide bonds. The monoisotopic (exact) mass is 239 g/mol. The number of carbonyl (C=O) groups excluding carboxylic acids is 1. The fourth-order valence-electron chi connectivity index (χ4n) is 2.25. The van der Waals surface area contributed by atoms with Gasteiger partial charge in [-0.25, -0.2) is 4.98 Å². The molecule has 1 aliphatic heterocycles. The second kappa shape index (κ2) is 4.93. The van der Waals surface area contributed by atoms with Crippen LogP contribution in [-0.2, 0) is 4.79 Å². The zero-order valence-corrected chi connectivity index (χ0v) is 10.2. The van der Waals surface area contributed by atoms with E-state index in [0.717, 1.165) is 17.8 Å². The Morgan fingerprint density at radius 3 is 3.12 bits per heavy atom. The highest BCUT2D eigenvalue weighted by atomic mass is 32.1. The zero-order chi connectivity index (χ0) is 11.5. The minimum absolute atomic E-state index is 0.0116. The van der Waals surface area contributed by atoms with E-state index in [9.17, 15) is 4.79 Å². The fraction of sp³-hybridized carbons (Fsp3) is 0.636. The van der Waals surface area contributed by atoms with Crippen LogP contribution < -0.4 is 5.73 Å². The van der Waals surface area contributed by atoms with Gasteiger partial charge in [0.15, 0.2) is 0 Å². The van der Waals surface area contributed by atoms with E-state index in [2.05, 4.69) is 4.98 Å². The number of hydrogen-bond donors (Lipinski definition) is 1. The van der Waals surface area contributed by atoms with E-state index in [1.807, 2.05) is 17.2 Å². The number of likely N-dealkylation sites (tertiary alicyclic amines) is 1. The van der Waals surface area contributed by atoms with E-state index < -0.39 is 0 Å². The van der Waals surface area contributed by atoms with Gasteiger partial charge in [0, 0.05) is 30.6 Å². The molecule has 0 aromatic carbocycles. The molecule has 1 aromatic rings. The average Bonchev–Trinajstić information content (AvgIpc) is 2.73. The van der Waals surface area contributed by atoms with E-state index in [-0.39, 0.29) is 18.0 Å². The van der Waals surface area contributed by atoms with Crippen LogP contribution in [0.15, 0.2) is 11.6 Å². The first-order valence-electron chi connectivity index (χ1n) is 5.68. The largest absolute Gasteiger partial charge is 0.332 e. The predicted molar refractivity (Wildman–Crippen MR) is 64.1 cm³/mol. The molecule has 2 atom stereocenters. The van der Waals surface area contributed by atoms with Crippen molar-refractivity contribution < 1.29 is 4.79 Å². The highest BCUT2D eigenvalue weighted by Crippen LogP contribution is 2.30. The number of thiazole rings is 1. The van der Waals surface area contributed by atoms with Crippen LogP contribution in [0.4, 0.5) is 0 Å². The third-order valence-corrected chi connectivity index (χ3v) is 3.88. The normalized spacial score (nSPS) is 26.9. The SMILES string of the molecule is CCN1C(=O)CCCC(N)C1c1nccs1. The van der Waals surface area contributed by atoms with E-state index in [4.69, 9.17) is 5.73 Å². The van der Waals surface area contributed by atoms with E-state index in [1.165, 1.54) is 0 Å². The first kappa shape index (κ1) is 11.5. The molecule has 0 saturated carbocycles. The van der Waals surface area contributed by atoms with Crippen molar-refractivity contribution in [2.24, 2.45) is 5.73 Å². The molecule has 2 heterocycles. The Hall–Kier alpha value is -0.940. The summed E-state index contributed by atoms with van der Waals surface area (Å²) in [5, 5.41) is 2.90. The van der Waals surface area contributed by atoms with Crippen molar-refractivity contribution in [3.63, 3.8) is 0 Å². The molecule has 0 bridgehead atoms. The van der Waals surface area contributed by atoms with Gasteiger partial charge < -0.3 is 10.6 Å². The Morgan fingerprint density at radius 1 is 1.69 bits per heavy atom. The van der Waals surface area contributed by atoms with Gasteiger partial charge in [-0.3, -0.25) is 4.79 Å². The van der Waals surface area contributed by atoms with Crippen molar-refractivity contribution in [3.8, 4) is 0 Å². The van der Waals surface area contributed by atoms with Gasteiger partial charge in [0.25, 0.3) is 0 Å². The van der Waals surface area contributed by atoms with Gasteiger partial charge in [0.05, 0.1) is 6.04 Å². The second-order valence-electron chi connectivity index (χ2n) is 4.05. The summed E-state index contributed by atoms with van der Waals surface area (Å²) in [5.74, 6) is 0.204. The summed E-state index contributed by atoms with van der Waals surface area (Å²) >= 11 is 1.58. The number of rotatable bonds is 2. The molecular weight excluding hydrogens is 222 g/mol. The number of nitrogens with two attached hydrogens (primary N) is 1. The molecule has 4 nitrogen and oxygen atoms in total. The van der Waals surface area contributed by atoms with Crippen molar-refractivity contribution in [1.29, 1.82) is 0 Å². The lowest BCUT2D eigenvalue weighted by atomic mass is 10.1. The summed E-state index contributed by atoms with van der Waals surface area (Å²) in [7, 11) is 0. The zero-order valence-electron chi connectivity index (χ0n) is 9.43. The van der Waals surface area contributed by atoms with Crippen LogP contribution in [0.2, 0.25) is 0 Å². The minimum Gasteiger partial charge on any atom is -0.332 e. The lowest BCUT2D eigenvalue weighted by Gasteiger charge is -2.31. The van der Waals surface area contributed by atoms with Crippen LogP contribution in [0.3, 0.4) is 0 Å². The molecule has 16 heavy (non-hydrogen) atoms. The number of likely N-dealkylation sites (N-methyl/N-ethyl adjacent to an activating group) is 1. The Bertz CT molecular complexity index is 352. The van der Waals surface area contributed by atoms with Crippen LogP contribution in [0.1, 0.15) is 37.2 Å². The smallest absolute Gasteiger partial charge is 0.223 e.